The van der Waals surface area contributed by atoms with Gasteiger partial charge in [-0.1, -0.05) is 13.0 Å². The molecule has 0 aliphatic rings. The smallest absolute Gasteiger partial charge is 0.0368 e. The van der Waals surface area contributed by atoms with E-state index in [9.17, 15) is 0 Å². The van der Waals surface area contributed by atoms with Gasteiger partial charge in [0.25, 0.3) is 0 Å². The Labute approximate surface area is 112 Å². The van der Waals surface area contributed by atoms with E-state index in [1.54, 1.807) is 0 Å². The molecule has 0 fully saturated rings. The minimum absolute atomic E-state index is 0.765. The third-order valence-corrected chi connectivity index (χ3v) is 3.48. The van der Waals surface area contributed by atoms with Gasteiger partial charge in [0, 0.05) is 19.3 Å². The van der Waals surface area contributed by atoms with Gasteiger partial charge in [0.05, 0.1) is 0 Å². The van der Waals surface area contributed by atoms with Gasteiger partial charge in [0.2, 0.25) is 0 Å². The predicted molar refractivity (Wildman–Crippen MR) is 81.4 cm³/mol. The third kappa shape index (κ3) is 5.03. The Morgan fingerprint density at radius 2 is 1.71 bits per heavy atom. The van der Waals surface area contributed by atoms with Gasteiger partial charge in [-0.05, 0) is 61.6 Å². The van der Waals surface area contributed by atoms with Crippen LogP contribution in [0.1, 0.15) is 30.9 Å². The van der Waals surface area contributed by atoms with Crippen molar-refractivity contribution in [1.82, 2.24) is 0 Å². The minimum atomic E-state index is 0.765. The van der Waals surface area contributed by atoms with Gasteiger partial charge in [0.1, 0.15) is 0 Å². The predicted octanol–water partition coefficient (Wildman–Crippen LogP) is 4.09. The maximum atomic E-state index is 4.29. The number of thiol groups is 1. The van der Waals surface area contributed by atoms with Crippen molar-refractivity contribution in [1.29, 1.82) is 0 Å². The summed E-state index contributed by atoms with van der Waals surface area (Å²) in [6.07, 6.45) is 2.45. The lowest BCUT2D eigenvalue weighted by Gasteiger charge is -2.22. The van der Waals surface area contributed by atoms with Gasteiger partial charge in [0.15, 0.2) is 0 Å². The number of nitrogens with zero attached hydrogens (tertiary/aromatic N) is 1. The highest BCUT2D eigenvalue weighted by atomic mass is 32.1. The number of hydrogen-bond donors (Lipinski definition) is 1. The van der Waals surface area contributed by atoms with Crippen LogP contribution >= 0.6 is 12.6 Å². The topological polar surface area (TPSA) is 3.24 Å². The number of anilines is 1. The van der Waals surface area contributed by atoms with Crippen LogP contribution in [0.4, 0.5) is 5.69 Å². The Morgan fingerprint density at radius 1 is 1.12 bits per heavy atom. The molecule has 1 aromatic rings. The normalized spacial score (nSPS) is 12.5. The standard InChI is InChI=1S/C15H25NS/c1-12(6-8-17)5-7-16(4)15-10-13(2)9-14(3)11-15/h9-12,17H,5-8H2,1-4H3. The molecule has 1 atom stereocenters. The highest BCUT2D eigenvalue weighted by Crippen LogP contribution is 2.19. The minimum Gasteiger partial charge on any atom is -0.375 e. The Morgan fingerprint density at radius 3 is 2.24 bits per heavy atom. The first-order chi connectivity index (χ1) is 8.02. The number of aryl methyl sites for hydroxylation is 2. The first kappa shape index (κ1) is 14.4. The Kier molecular flexibility index (Phi) is 5.90. The molecule has 0 aliphatic carbocycles. The first-order valence-corrected chi connectivity index (χ1v) is 7.06. The zero-order valence-corrected chi connectivity index (χ0v) is 12.4. The van der Waals surface area contributed by atoms with E-state index in [0.29, 0.717) is 0 Å². The number of rotatable bonds is 6. The van der Waals surface area contributed by atoms with Crippen LogP contribution in [0.3, 0.4) is 0 Å². The van der Waals surface area contributed by atoms with E-state index in [-0.39, 0.29) is 0 Å². The molecule has 1 rings (SSSR count). The maximum Gasteiger partial charge on any atom is 0.0368 e. The second-order valence-corrected chi connectivity index (χ2v) is 5.62. The van der Waals surface area contributed by atoms with Gasteiger partial charge in [-0.2, -0.15) is 12.6 Å². The molecule has 17 heavy (non-hydrogen) atoms. The van der Waals surface area contributed by atoms with Gasteiger partial charge in [-0.3, -0.25) is 0 Å². The molecule has 0 amide bonds. The number of hydrogen-bond acceptors (Lipinski definition) is 2. The molecular weight excluding hydrogens is 226 g/mol. The summed E-state index contributed by atoms with van der Waals surface area (Å²) >= 11 is 4.29. The van der Waals surface area contributed by atoms with Crippen LogP contribution in [0, 0.1) is 19.8 Å². The van der Waals surface area contributed by atoms with Crippen molar-refractivity contribution in [2.45, 2.75) is 33.6 Å². The average Bonchev–Trinajstić information content (AvgIpc) is 2.25. The summed E-state index contributed by atoms with van der Waals surface area (Å²) in [7, 11) is 2.18. The van der Waals surface area contributed by atoms with E-state index in [1.807, 2.05) is 0 Å². The summed E-state index contributed by atoms with van der Waals surface area (Å²) in [4.78, 5) is 2.36. The molecule has 0 bridgehead atoms. The molecule has 96 valence electrons. The van der Waals surface area contributed by atoms with Crippen molar-refractivity contribution in [2.75, 3.05) is 24.2 Å². The van der Waals surface area contributed by atoms with E-state index < -0.39 is 0 Å². The highest BCUT2D eigenvalue weighted by Gasteiger charge is 2.05. The fourth-order valence-electron chi connectivity index (χ4n) is 2.08. The fourth-order valence-corrected chi connectivity index (χ4v) is 2.52. The second-order valence-electron chi connectivity index (χ2n) is 5.17. The molecule has 1 unspecified atom stereocenters. The van der Waals surface area contributed by atoms with Crippen molar-refractivity contribution in [3.8, 4) is 0 Å². The molecule has 0 aromatic heterocycles. The highest BCUT2D eigenvalue weighted by molar-refractivity contribution is 7.80. The fraction of sp³-hybridized carbons (Fsp3) is 0.600. The van der Waals surface area contributed by atoms with Crippen LogP contribution in [-0.4, -0.2) is 19.3 Å². The molecule has 0 saturated heterocycles. The third-order valence-electron chi connectivity index (χ3n) is 3.23. The van der Waals surface area contributed by atoms with Crippen molar-refractivity contribution in [2.24, 2.45) is 5.92 Å². The molecule has 0 saturated carbocycles. The molecule has 0 spiro atoms. The van der Waals surface area contributed by atoms with Crippen LogP contribution in [-0.2, 0) is 0 Å². The lowest BCUT2D eigenvalue weighted by molar-refractivity contribution is 0.522. The largest absolute Gasteiger partial charge is 0.375 e. The van der Waals surface area contributed by atoms with Crippen LogP contribution in [0.5, 0.6) is 0 Å². The maximum absolute atomic E-state index is 4.29. The van der Waals surface area contributed by atoms with Crippen LogP contribution in [0.25, 0.3) is 0 Å². The summed E-state index contributed by atoms with van der Waals surface area (Å²) in [6, 6.07) is 6.74. The summed E-state index contributed by atoms with van der Waals surface area (Å²) in [6.45, 7) is 7.76. The van der Waals surface area contributed by atoms with Gasteiger partial charge < -0.3 is 4.90 Å². The van der Waals surface area contributed by atoms with Crippen molar-refractivity contribution >= 4 is 18.3 Å². The zero-order chi connectivity index (χ0) is 12.8. The van der Waals surface area contributed by atoms with E-state index in [4.69, 9.17) is 0 Å². The van der Waals surface area contributed by atoms with Crippen molar-refractivity contribution in [3.63, 3.8) is 0 Å². The second kappa shape index (κ2) is 6.95. The van der Waals surface area contributed by atoms with E-state index in [0.717, 1.165) is 18.2 Å². The molecule has 0 N–H and O–H groups in total. The summed E-state index contributed by atoms with van der Waals surface area (Å²) in [5.41, 5.74) is 4.02. The first-order valence-electron chi connectivity index (χ1n) is 6.43. The number of benzene rings is 1. The van der Waals surface area contributed by atoms with Crippen LogP contribution < -0.4 is 4.90 Å². The average molecular weight is 251 g/mol. The molecule has 0 radical (unpaired) electrons. The Balaban J connectivity index is 2.54. The lowest BCUT2D eigenvalue weighted by atomic mass is 10.0. The monoisotopic (exact) mass is 251 g/mol. The Bertz CT molecular complexity index is 329. The quantitative estimate of drug-likeness (QED) is 0.745. The van der Waals surface area contributed by atoms with Crippen LogP contribution in [0.15, 0.2) is 18.2 Å². The molecule has 0 heterocycles. The van der Waals surface area contributed by atoms with Crippen molar-refractivity contribution < 1.29 is 0 Å². The summed E-state index contributed by atoms with van der Waals surface area (Å²) < 4.78 is 0. The Hall–Kier alpha value is -0.630. The van der Waals surface area contributed by atoms with Gasteiger partial charge in [-0.25, -0.2) is 0 Å². The van der Waals surface area contributed by atoms with Crippen LogP contribution in [0.2, 0.25) is 0 Å². The van der Waals surface area contributed by atoms with Gasteiger partial charge >= 0.3 is 0 Å². The zero-order valence-electron chi connectivity index (χ0n) is 11.5. The lowest BCUT2D eigenvalue weighted by Crippen LogP contribution is -2.20. The van der Waals surface area contributed by atoms with Gasteiger partial charge in [-0.15, -0.1) is 0 Å². The molecule has 0 aliphatic heterocycles. The van der Waals surface area contributed by atoms with E-state index in [2.05, 4.69) is 63.5 Å². The van der Waals surface area contributed by atoms with Crippen molar-refractivity contribution in [3.05, 3.63) is 29.3 Å². The SMILES string of the molecule is Cc1cc(C)cc(N(C)CCC(C)CCS)c1. The molecular formula is C15H25NS. The van der Waals surface area contributed by atoms with E-state index >= 15 is 0 Å². The molecule has 1 aromatic carbocycles. The van der Waals surface area contributed by atoms with E-state index in [1.165, 1.54) is 29.7 Å². The molecule has 2 heteroatoms. The molecule has 1 nitrogen and oxygen atoms in total. The summed E-state index contributed by atoms with van der Waals surface area (Å²) in [5, 5.41) is 0. The summed E-state index contributed by atoms with van der Waals surface area (Å²) in [5.74, 6) is 1.76.